The van der Waals surface area contributed by atoms with Crippen molar-refractivity contribution in [3.8, 4) is 11.1 Å². The number of carboxylic acids is 1. The number of benzene rings is 2. The van der Waals surface area contributed by atoms with Crippen LogP contribution in [0.1, 0.15) is 56.6 Å². The Morgan fingerprint density at radius 2 is 1.59 bits per heavy atom. The summed E-state index contributed by atoms with van der Waals surface area (Å²) >= 11 is 0. The third-order valence-corrected chi connectivity index (χ3v) is 6.38. The molecular weight excluding hydrogens is 408 g/mol. The summed E-state index contributed by atoms with van der Waals surface area (Å²) in [7, 11) is 0. The summed E-state index contributed by atoms with van der Waals surface area (Å²) in [5.74, 6) is -1.47. The molecule has 3 N–H and O–H groups in total. The average Bonchev–Trinajstić information content (AvgIpc) is 3.02. The van der Waals surface area contributed by atoms with E-state index in [1.54, 1.807) is 13.8 Å². The summed E-state index contributed by atoms with van der Waals surface area (Å²) in [6, 6.07) is 16.2. The Labute approximate surface area is 187 Å². The fourth-order valence-corrected chi connectivity index (χ4v) is 4.59. The monoisotopic (exact) mass is 436 g/mol. The SMILES string of the molecule is CC(C)(CC(=O)NC1(C(=O)O)CCC1)NC(=O)OCC1c2ccccc2-c2ccccc21. The molecule has 1 saturated carbocycles. The number of carboxylic acid groups (broad SMARTS) is 1. The van der Waals surface area contributed by atoms with Crippen LogP contribution in [0.25, 0.3) is 11.1 Å². The second-order valence-corrected chi connectivity index (χ2v) is 9.30. The predicted octanol–water partition coefficient (Wildman–Crippen LogP) is 3.82. The quantitative estimate of drug-likeness (QED) is 0.612. The van der Waals surface area contributed by atoms with Gasteiger partial charge in [0.15, 0.2) is 0 Å². The molecule has 2 amide bonds. The van der Waals surface area contributed by atoms with E-state index in [2.05, 4.69) is 22.8 Å². The van der Waals surface area contributed by atoms with Crippen molar-refractivity contribution >= 4 is 18.0 Å². The van der Waals surface area contributed by atoms with Gasteiger partial charge in [-0.25, -0.2) is 9.59 Å². The van der Waals surface area contributed by atoms with Crippen LogP contribution in [-0.2, 0) is 14.3 Å². The van der Waals surface area contributed by atoms with E-state index in [9.17, 15) is 19.5 Å². The molecule has 0 aliphatic heterocycles. The van der Waals surface area contributed by atoms with E-state index >= 15 is 0 Å². The van der Waals surface area contributed by atoms with Crippen molar-refractivity contribution in [1.82, 2.24) is 10.6 Å². The lowest BCUT2D eigenvalue weighted by Gasteiger charge is -2.39. The van der Waals surface area contributed by atoms with Gasteiger partial charge in [-0.05, 0) is 55.4 Å². The Bertz CT molecular complexity index is 1010. The van der Waals surface area contributed by atoms with E-state index in [0.29, 0.717) is 12.8 Å². The maximum absolute atomic E-state index is 12.5. The van der Waals surface area contributed by atoms with E-state index < -0.39 is 29.0 Å². The van der Waals surface area contributed by atoms with Crippen molar-refractivity contribution in [2.45, 2.75) is 56.5 Å². The zero-order valence-corrected chi connectivity index (χ0v) is 18.3. The molecule has 4 rings (SSSR count). The molecule has 7 heteroatoms. The Morgan fingerprint density at radius 3 is 2.09 bits per heavy atom. The molecule has 0 bridgehead atoms. The smallest absolute Gasteiger partial charge is 0.407 e. The first-order valence-corrected chi connectivity index (χ1v) is 10.9. The van der Waals surface area contributed by atoms with Gasteiger partial charge in [-0.1, -0.05) is 48.5 Å². The lowest BCUT2D eigenvalue weighted by Crippen LogP contribution is -2.60. The van der Waals surface area contributed by atoms with Gasteiger partial charge in [0.2, 0.25) is 5.91 Å². The van der Waals surface area contributed by atoms with E-state index in [4.69, 9.17) is 4.74 Å². The van der Waals surface area contributed by atoms with Gasteiger partial charge in [-0.2, -0.15) is 0 Å². The van der Waals surface area contributed by atoms with Crippen LogP contribution >= 0.6 is 0 Å². The molecule has 0 spiro atoms. The summed E-state index contributed by atoms with van der Waals surface area (Å²) < 4.78 is 5.55. The summed E-state index contributed by atoms with van der Waals surface area (Å²) in [5, 5.41) is 14.8. The third-order valence-electron chi connectivity index (χ3n) is 6.38. The number of fused-ring (bicyclic) bond motifs is 3. The fraction of sp³-hybridized carbons (Fsp3) is 0.400. The van der Waals surface area contributed by atoms with Crippen molar-refractivity contribution in [3.63, 3.8) is 0 Å². The lowest BCUT2D eigenvalue weighted by molar-refractivity contribution is -0.152. The number of alkyl carbamates (subject to hydrolysis) is 1. The second kappa shape index (κ2) is 8.30. The number of ether oxygens (including phenoxy) is 1. The number of hydrogen-bond acceptors (Lipinski definition) is 4. The van der Waals surface area contributed by atoms with Crippen molar-refractivity contribution in [2.75, 3.05) is 6.61 Å². The lowest BCUT2D eigenvalue weighted by atomic mass is 9.76. The van der Waals surface area contributed by atoms with Gasteiger partial charge in [0, 0.05) is 17.9 Å². The van der Waals surface area contributed by atoms with Crippen LogP contribution in [0, 0.1) is 0 Å². The van der Waals surface area contributed by atoms with Gasteiger partial charge in [-0.15, -0.1) is 0 Å². The van der Waals surface area contributed by atoms with Crippen LogP contribution in [0.3, 0.4) is 0 Å². The molecule has 0 saturated heterocycles. The van der Waals surface area contributed by atoms with Crippen molar-refractivity contribution in [3.05, 3.63) is 59.7 Å². The molecule has 0 heterocycles. The number of aliphatic carboxylic acids is 1. The first-order chi connectivity index (χ1) is 15.2. The standard InChI is InChI=1S/C25H28N2O5/c1-24(2,14-21(28)26-25(22(29)30)12-7-13-25)27-23(31)32-15-20-18-10-5-3-8-16(18)17-9-4-6-11-19(17)20/h3-6,8-11,20H,7,12-15H2,1-2H3,(H,26,28)(H,27,31)(H,29,30). The van der Waals surface area contributed by atoms with Crippen molar-refractivity contribution in [1.29, 1.82) is 0 Å². The number of amides is 2. The molecular formula is C25H28N2O5. The highest BCUT2D eigenvalue weighted by Gasteiger charge is 2.46. The predicted molar refractivity (Wildman–Crippen MR) is 119 cm³/mol. The van der Waals surface area contributed by atoms with Crippen LogP contribution in [-0.4, -0.2) is 40.8 Å². The van der Waals surface area contributed by atoms with Crippen molar-refractivity contribution in [2.24, 2.45) is 0 Å². The molecule has 2 aromatic carbocycles. The summed E-state index contributed by atoms with van der Waals surface area (Å²) in [6.07, 6.45) is 0.962. The van der Waals surface area contributed by atoms with Gasteiger partial charge >= 0.3 is 12.1 Å². The second-order valence-electron chi connectivity index (χ2n) is 9.30. The Hall–Kier alpha value is -3.35. The first-order valence-electron chi connectivity index (χ1n) is 10.9. The highest BCUT2D eigenvalue weighted by atomic mass is 16.5. The maximum Gasteiger partial charge on any atom is 0.407 e. The van der Waals surface area contributed by atoms with E-state index in [0.717, 1.165) is 28.7 Å². The average molecular weight is 437 g/mol. The molecule has 2 aliphatic carbocycles. The molecule has 1 fully saturated rings. The topological polar surface area (TPSA) is 105 Å². The normalized spacial score (nSPS) is 16.3. The van der Waals surface area contributed by atoms with Gasteiger partial charge < -0.3 is 20.5 Å². The molecule has 168 valence electrons. The highest BCUT2D eigenvalue weighted by Crippen LogP contribution is 2.44. The number of rotatable bonds is 7. The van der Waals surface area contributed by atoms with Crippen LogP contribution in [0.5, 0.6) is 0 Å². The van der Waals surface area contributed by atoms with E-state index in [1.165, 1.54) is 0 Å². The van der Waals surface area contributed by atoms with Crippen LogP contribution in [0.15, 0.2) is 48.5 Å². The molecule has 7 nitrogen and oxygen atoms in total. The largest absolute Gasteiger partial charge is 0.480 e. The molecule has 0 aromatic heterocycles. The first kappa shape index (κ1) is 21.9. The molecule has 0 unspecified atom stereocenters. The van der Waals surface area contributed by atoms with Crippen LogP contribution in [0.4, 0.5) is 4.79 Å². The van der Waals surface area contributed by atoms with E-state index in [-0.39, 0.29) is 18.9 Å². The van der Waals surface area contributed by atoms with Gasteiger partial charge in [-0.3, -0.25) is 4.79 Å². The number of carbonyl (C=O) groups excluding carboxylic acids is 2. The number of carbonyl (C=O) groups is 3. The molecule has 0 radical (unpaired) electrons. The summed E-state index contributed by atoms with van der Waals surface area (Å²) in [4.78, 5) is 36.4. The van der Waals surface area contributed by atoms with Crippen LogP contribution < -0.4 is 10.6 Å². The number of nitrogens with one attached hydrogen (secondary N) is 2. The summed E-state index contributed by atoms with van der Waals surface area (Å²) in [5.41, 5.74) is 2.49. The van der Waals surface area contributed by atoms with E-state index in [1.807, 2.05) is 36.4 Å². The van der Waals surface area contributed by atoms with Gasteiger partial charge in [0.05, 0.1) is 0 Å². The fourth-order valence-electron chi connectivity index (χ4n) is 4.59. The minimum atomic E-state index is -1.17. The summed E-state index contributed by atoms with van der Waals surface area (Å²) in [6.45, 7) is 3.61. The van der Waals surface area contributed by atoms with Gasteiger partial charge in [0.25, 0.3) is 0 Å². The molecule has 0 atom stereocenters. The molecule has 2 aromatic rings. The Kier molecular flexibility index (Phi) is 5.67. The zero-order chi connectivity index (χ0) is 22.9. The Morgan fingerprint density at radius 1 is 1.03 bits per heavy atom. The Balaban J connectivity index is 1.35. The minimum absolute atomic E-state index is 0.0476. The molecule has 32 heavy (non-hydrogen) atoms. The molecule has 2 aliphatic rings. The third kappa shape index (κ3) is 4.20. The van der Waals surface area contributed by atoms with Crippen molar-refractivity contribution < 1.29 is 24.2 Å². The highest BCUT2D eigenvalue weighted by molar-refractivity contribution is 5.88. The minimum Gasteiger partial charge on any atom is -0.480 e. The number of hydrogen-bond donors (Lipinski definition) is 3. The van der Waals surface area contributed by atoms with Gasteiger partial charge in [0.1, 0.15) is 12.1 Å². The van der Waals surface area contributed by atoms with Crippen LogP contribution in [0.2, 0.25) is 0 Å². The maximum atomic E-state index is 12.5. The zero-order valence-electron chi connectivity index (χ0n) is 18.3.